The van der Waals surface area contributed by atoms with Crippen LogP contribution in [-0.2, 0) is 10.2 Å². The Balaban J connectivity index is 0.00000169. The van der Waals surface area contributed by atoms with Crippen molar-refractivity contribution in [2.24, 2.45) is 0 Å². The van der Waals surface area contributed by atoms with Crippen molar-refractivity contribution in [3.8, 4) is 0 Å². The fraction of sp³-hybridized carbons (Fsp3) is 0.375. The van der Waals surface area contributed by atoms with E-state index < -0.39 is 11.4 Å². The first-order valence-corrected chi connectivity index (χ1v) is 4.05. The summed E-state index contributed by atoms with van der Waals surface area (Å²) in [6, 6.07) is 3.08. The Labute approximate surface area is 98.9 Å². The first-order chi connectivity index (χ1) is 5.94. The quantitative estimate of drug-likeness (QED) is 0.732. The van der Waals surface area contributed by atoms with Gasteiger partial charge in [-0.25, -0.2) is 0 Å². The van der Waals surface area contributed by atoms with Crippen LogP contribution in [0.15, 0.2) is 12.1 Å². The van der Waals surface area contributed by atoms with E-state index in [4.69, 9.17) is 16.7 Å². The number of hydrogen-bond donors (Lipinski definition) is 1. The molecule has 0 aliphatic rings. The first kappa shape index (κ1) is 13.4. The van der Waals surface area contributed by atoms with E-state index in [1.165, 1.54) is 6.07 Å². The molecule has 0 bridgehead atoms. The Morgan fingerprint density at radius 1 is 1.43 bits per heavy atom. The van der Waals surface area contributed by atoms with Crippen molar-refractivity contribution < 1.29 is 9.90 Å². The predicted octanol–water partition coefficient (Wildman–Crippen LogP) is 0.844. The molecular formula is C8H10ClLiN2O2. The maximum atomic E-state index is 10.8. The molecule has 1 heterocycles. The van der Waals surface area contributed by atoms with Crippen LogP contribution in [0.4, 0.5) is 0 Å². The van der Waals surface area contributed by atoms with Crippen LogP contribution >= 0.6 is 11.6 Å². The van der Waals surface area contributed by atoms with Gasteiger partial charge in [0.05, 0.1) is 5.69 Å². The van der Waals surface area contributed by atoms with Gasteiger partial charge in [-0.1, -0.05) is 11.6 Å². The Morgan fingerprint density at radius 3 is 2.36 bits per heavy atom. The van der Waals surface area contributed by atoms with Crippen LogP contribution in [0.5, 0.6) is 0 Å². The standard InChI is InChI=1S/C8H9ClN2O2.Li.H/c1-8(2,7(12)13)5-3-4-6(9)11-10-5;;/h3-4H,1-2H3,(H,12,13);;. The minimum absolute atomic E-state index is 0. The molecule has 72 valence electrons. The molecule has 0 saturated heterocycles. The molecule has 0 aliphatic heterocycles. The zero-order valence-electron chi connectivity index (χ0n) is 7.28. The molecule has 0 atom stereocenters. The van der Waals surface area contributed by atoms with Gasteiger partial charge in [-0.3, -0.25) is 4.79 Å². The normalized spacial score (nSPS) is 10.5. The van der Waals surface area contributed by atoms with Crippen LogP contribution in [0, 0.1) is 0 Å². The number of carboxylic acids is 1. The first-order valence-electron chi connectivity index (χ1n) is 3.67. The van der Waals surface area contributed by atoms with Crippen LogP contribution in [-0.4, -0.2) is 40.1 Å². The van der Waals surface area contributed by atoms with E-state index in [2.05, 4.69) is 10.2 Å². The third kappa shape index (κ3) is 2.71. The van der Waals surface area contributed by atoms with Gasteiger partial charge < -0.3 is 5.11 Å². The molecule has 1 aromatic heterocycles. The Morgan fingerprint density at radius 2 is 2.00 bits per heavy atom. The maximum absolute atomic E-state index is 10.8. The van der Waals surface area contributed by atoms with E-state index in [-0.39, 0.29) is 24.0 Å². The molecule has 0 unspecified atom stereocenters. The van der Waals surface area contributed by atoms with Crippen molar-refractivity contribution in [1.29, 1.82) is 0 Å². The summed E-state index contributed by atoms with van der Waals surface area (Å²) in [5.41, 5.74) is -0.637. The molecule has 0 fully saturated rings. The molecule has 4 nitrogen and oxygen atoms in total. The second-order valence-corrected chi connectivity index (χ2v) is 3.56. The zero-order valence-corrected chi connectivity index (χ0v) is 8.04. The Hall–Kier alpha value is -0.563. The molecule has 0 saturated carbocycles. The summed E-state index contributed by atoms with van der Waals surface area (Å²) in [6.07, 6.45) is 0. The summed E-state index contributed by atoms with van der Waals surface area (Å²) in [7, 11) is 0. The Bertz CT molecular complexity index is 327. The summed E-state index contributed by atoms with van der Waals surface area (Å²) in [5, 5.41) is 16.4. The van der Waals surface area contributed by atoms with Crippen LogP contribution < -0.4 is 0 Å². The molecule has 0 amide bonds. The molecule has 0 aromatic carbocycles. The fourth-order valence-corrected chi connectivity index (χ4v) is 0.860. The van der Waals surface area contributed by atoms with Crippen LogP contribution in [0.2, 0.25) is 5.15 Å². The van der Waals surface area contributed by atoms with Gasteiger partial charge in [0, 0.05) is 0 Å². The number of rotatable bonds is 2. The molecule has 14 heavy (non-hydrogen) atoms. The van der Waals surface area contributed by atoms with Gasteiger partial charge in [0.2, 0.25) is 0 Å². The number of hydrogen-bond acceptors (Lipinski definition) is 3. The van der Waals surface area contributed by atoms with Gasteiger partial charge in [0.1, 0.15) is 5.41 Å². The topological polar surface area (TPSA) is 63.1 Å². The summed E-state index contributed by atoms with van der Waals surface area (Å²) in [5.74, 6) is -0.941. The fourth-order valence-electron chi connectivity index (χ4n) is 0.759. The van der Waals surface area contributed by atoms with Crippen LogP contribution in [0.1, 0.15) is 19.5 Å². The van der Waals surface area contributed by atoms with Crippen molar-refractivity contribution >= 4 is 36.4 Å². The minimum atomic E-state index is -1.03. The third-order valence-electron chi connectivity index (χ3n) is 1.81. The number of carbonyl (C=O) groups is 1. The average molecular weight is 209 g/mol. The molecular weight excluding hydrogens is 198 g/mol. The number of aromatic nitrogens is 2. The number of carboxylic acid groups (broad SMARTS) is 1. The van der Waals surface area contributed by atoms with Gasteiger partial charge in [0.15, 0.2) is 5.15 Å². The van der Waals surface area contributed by atoms with Crippen LogP contribution in [0.3, 0.4) is 0 Å². The van der Waals surface area contributed by atoms with Crippen molar-refractivity contribution in [2.45, 2.75) is 19.3 Å². The van der Waals surface area contributed by atoms with Gasteiger partial charge in [-0.2, -0.15) is 5.10 Å². The number of nitrogens with zero attached hydrogens (tertiary/aromatic N) is 2. The average Bonchev–Trinajstić information content (AvgIpc) is 2.04. The molecule has 6 heteroatoms. The van der Waals surface area contributed by atoms with E-state index in [0.717, 1.165) is 0 Å². The molecule has 0 radical (unpaired) electrons. The van der Waals surface area contributed by atoms with Crippen molar-refractivity contribution in [2.75, 3.05) is 0 Å². The van der Waals surface area contributed by atoms with E-state index in [1.807, 2.05) is 0 Å². The van der Waals surface area contributed by atoms with E-state index in [9.17, 15) is 4.79 Å². The summed E-state index contributed by atoms with van der Waals surface area (Å²) >= 11 is 5.52. The number of aliphatic carboxylic acids is 1. The predicted molar refractivity (Wildman–Crippen MR) is 54.9 cm³/mol. The van der Waals surface area contributed by atoms with Gasteiger partial charge in [-0.05, 0) is 26.0 Å². The Kier molecular flexibility index (Phi) is 4.59. The second-order valence-electron chi connectivity index (χ2n) is 3.17. The number of halogens is 1. The van der Waals surface area contributed by atoms with Gasteiger partial charge >= 0.3 is 24.8 Å². The van der Waals surface area contributed by atoms with Crippen molar-refractivity contribution in [1.82, 2.24) is 10.2 Å². The van der Waals surface area contributed by atoms with Crippen molar-refractivity contribution in [3.05, 3.63) is 23.0 Å². The van der Waals surface area contributed by atoms with E-state index in [0.29, 0.717) is 5.69 Å². The summed E-state index contributed by atoms with van der Waals surface area (Å²) < 4.78 is 0. The molecule has 1 aromatic rings. The summed E-state index contributed by atoms with van der Waals surface area (Å²) in [6.45, 7) is 3.13. The summed E-state index contributed by atoms with van der Waals surface area (Å²) in [4.78, 5) is 10.8. The second kappa shape index (κ2) is 4.79. The molecule has 1 rings (SSSR count). The van der Waals surface area contributed by atoms with Gasteiger partial charge in [-0.15, -0.1) is 5.10 Å². The van der Waals surface area contributed by atoms with E-state index in [1.54, 1.807) is 19.9 Å². The molecule has 1 N–H and O–H groups in total. The zero-order chi connectivity index (χ0) is 10.1. The molecule has 0 aliphatic carbocycles. The van der Waals surface area contributed by atoms with Crippen LogP contribution in [0.25, 0.3) is 0 Å². The van der Waals surface area contributed by atoms with E-state index >= 15 is 0 Å². The van der Waals surface area contributed by atoms with Gasteiger partial charge in [0.25, 0.3) is 0 Å². The molecule has 0 spiro atoms. The SMILES string of the molecule is CC(C)(C(=O)O)c1ccc(Cl)nn1.[LiH]. The van der Waals surface area contributed by atoms with Crippen molar-refractivity contribution in [3.63, 3.8) is 0 Å². The third-order valence-corrected chi connectivity index (χ3v) is 2.01. The monoisotopic (exact) mass is 208 g/mol.